The highest BCUT2D eigenvalue weighted by Crippen LogP contribution is 2.38. The number of nitrogens with zero attached hydrogens (tertiary/aromatic N) is 2. The van der Waals surface area contributed by atoms with E-state index >= 15 is 0 Å². The summed E-state index contributed by atoms with van der Waals surface area (Å²) >= 11 is 8.41. The zero-order chi connectivity index (χ0) is 21.0. The molecule has 2 aromatic carbocycles. The normalized spacial score (nSPS) is 16.9. The maximum Gasteiger partial charge on any atom is 0.266 e. The Hall–Kier alpha value is -1.64. The smallest absolute Gasteiger partial charge is 0.266 e. The maximum atomic E-state index is 13.8. The molecule has 1 fully saturated rings. The van der Waals surface area contributed by atoms with Crippen molar-refractivity contribution in [1.29, 1.82) is 0 Å². The third-order valence-electron chi connectivity index (χ3n) is 4.15. The fourth-order valence-corrected chi connectivity index (χ4v) is 5.31. The number of hydrogen-bond donors (Lipinski definition) is 0. The van der Waals surface area contributed by atoms with Crippen LogP contribution >= 0.6 is 43.6 Å². The molecule has 1 aliphatic rings. The van der Waals surface area contributed by atoms with Crippen LogP contribution in [0.1, 0.15) is 25.0 Å². The molecule has 0 N–H and O–H groups in total. The monoisotopic (exact) mass is 540 g/mol. The maximum absolute atomic E-state index is 13.8. The molecule has 0 bridgehead atoms. The molecule has 0 radical (unpaired) electrons. The number of thioether (sulfide) groups is 1. The van der Waals surface area contributed by atoms with Crippen molar-refractivity contribution < 1.29 is 13.9 Å². The van der Waals surface area contributed by atoms with Gasteiger partial charge in [0.15, 0.2) is 5.17 Å². The van der Waals surface area contributed by atoms with E-state index < -0.39 is 0 Å². The zero-order valence-corrected chi connectivity index (χ0v) is 19.9. The lowest BCUT2D eigenvalue weighted by molar-refractivity contribution is -0.122. The van der Waals surface area contributed by atoms with E-state index in [2.05, 4.69) is 36.9 Å². The Kier molecular flexibility index (Phi) is 7.54. The lowest BCUT2D eigenvalue weighted by Crippen LogP contribution is -2.28. The van der Waals surface area contributed by atoms with Crippen molar-refractivity contribution in [3.05, 3.63) is 67.2 Å². The van der Waals surface area contributed by atoms with Gasteiger partial charge in [-0.15, -0.1) is 0 Å². The van der Waals surface area contributed by atoms with Gasteiger partial charge >= 0.3 is 0 Å². The molecule has 8 heteroatoms. The van der Waals surface area contributed by atoms with Gasteiger partial charge in [-0.1, -0.05) is 18.2 Å². The molecule has 1 saturated heterocycles. The van der Waals surface area contributed by atoms with Crippen LogP contribution in [0.2, 0.25) is 0 Å². The second-order valence-corrected chi connectivity index (χ2v) is 8.83. The van der Waals surface area contributed by atoms with Gasteiger partial charge in [0, 0.05) is 18.7 Å². The van der Waals surface area contributed by atoms with E-state index in [4.69, 9.17) is 4.74 Å². The average Bonchev–Trinajstić information content (AvgIpc) is 2.97. The Morgan fingerprint density at radius 2 is 1.90 bits per heavy atom. The summed E-state index contributed by atoms with van der Waals surface area (Å²) in [5.41, 5.74) is 1.32. The van der Waals surface area contributed by atoms with Gasteiger partial charge in [0.2, 0.25) is 0 Å². The van der Waals surface area contributed by atoms with E-state index in [9.17, 15) is 9.18 Å². The number of aliphatic imine (C=N–C) groups is 1. The molecule has 0 unspecified atom stereocenters. The fraction of sp³-hybridized carbons (Fsp3) is 0.238. The topological polar surface area (TPSA) is 41.9 Å². The van der Waals surface area contributed by atoms with Gasteiger partial charge in [0.05, 0.1) is 13.9 Å². The van der Waals surface area contributed by atoms with Crippen LogP contribution in [0.5, 0.6) is 5.75 Å². The summed E-state index contributed by atoms with van der Waals surface area (Å²) in [6.45, 7) is 5.20. The zero-order valence-electron chi connectivity index (χ0n) is 15.9. The van der Waals surface area contributed by atoms with Crippen molar-refractivity contribution in [1.82, 2.24) is 4.90 Å². The van der Waals surface area contributed by atoms with Crippen molar-refractivity contribution in [3.8, 4) is 5.75 Å². The van der Waals surface area contributed by atoms with Crippen molar-refractivity contribution in [3.63, 3.8) is 0 Å². The van der Waals surface area contributed by atoms with Gasteiger partial charge in [0.25, 0.3) is 5.91 Å². The molecule has 2 aromatic rings. The predicted molar refractivity (Wildman–Crippen MR) is 124 cm³/mol. The molecule has 0 aliphatic carbocycles. The first kappa shape index (κ1) is 22.1. The summed E-state index contributed by atoms with van der Waals surface area (Å²) in [5, 5.41) is 0.731. The molecule has 0 saturated carbocycles. The molecule has 152 valence electrons. The van der Waals surface area contributed by atoms with Gasteiger partial charge in [0.1, 0.15) is 18.2 Å². The molecule has 3 rings (SSSR count). The number of ether oxygens (including phenoxy) is 1. The summed E-state index contributed by atoms with van der Waals surface area (Å²) < 4.78 is 21.0. The highest BCUT2D eigenvalue weighted by Gasteiger charge is 2.31. The predicted octanol–water partition coefficient (Wildman–Crippen LogP) is 6.24. The minimum Gasteiger partial charge on any atom is -0.486 e. The van der Waals surface area contributed by atoms with E-state index in [1.54, 1.807) is 23.1 Å². The Balaban J connectivity index is 1.82. The molecular weight excluding hydrogens is 523 g/mol. The van der Waals surface area contributed by atoms with E-state index in [1.165, 1.54) is 17.8 Å². The van der Waals surface area contributed by atoms with Crippen molar-refractivity contribution in [2.24, 2.45) is 4.99 Å². The largest absolute Gasteiger partial charge is 0.486 e. The number of halogens is 3. The van der Waals surface area contributed by atoms with E-state index in [0.29, 0.717) is 38.3 Å². The molecule has 29 heavy (non-hydrogen) atoms. The van der Waals surface area contributed by atoms with Crippen LogP contribution < -0.4 is 4.74 Å². The first-order valence-corrected chi connectivity index (χ1v) is 11.5. The van der Waals surface area contributed by atoms with Gasteiger partial charge < -0.3 is 4.74 Å². The van der Waals surface area contributed by atoms with E-state index in [1.807, 2.05) is 32.1 Å². The fourth-order valence-electron chi connectivity index (χ4n) is 2.76. The van der Waals surface area contributed by atoms with E-state index in [-0.39, 0.29) is 18.3 Å². The summed E-state index contributed by atoms with van der Waals surface area (Å²) in [7, 11) is 0. The van der Waals surface area contributed by atoms with Gasteiger partial charge in [-0.2, -0.15) is 0 Å². The molecule has 1 aliphatic heterocycles. The van der Waals surface area contributed by atoms with Gasteiger partial charge in [-0.3, -0.25) is 14.7 Å². The molecule has 1 amide bonds. The Labute approximate surface area is 190 Å². The van der Waals surface area contributed by atoms with Crippen LogP contribution in [-0.2, 0) is 11.4 Å². The lowest BCUT2D eigenvalue weighted by atomic mass is 10.2. The highest BCUT2D eigenvalue weighted by molar-refractivity contribution is 9.11. The first-order valence-electron chi connectivity index (χ1n) is 9.05. The number of carbonyl (C=O) groups excluding carboxylic acids is 1. The van der Waals surface area contributed by atoms with Crippen LogP contribution in [0.4, 0.5) is 4.39 Å². The minimum absolute atomic E-state index is 0.0446. The van der Waals surface area contributed by atoms with E-state index in [0.717, 1.165) is 10.7 Å². The van der Waals surface area contributed by atoms with Crippen LogP contribution in [0, 0.1) is 5.82 Å². The van der Waals surface area contributed by atoms with Crippen LogP contribution in [0.25, 0.3) is 6.08 Å². The Morgan fingerprint density at radius 1 is 1.21 bits per heavy atom. The number of hydrogen-bond acceptors (Lipinski definition) is 4. The van der Waals surface area contributed by atoms with Gasteiger partial charge in [-0.05, 0) is 87.3 Å². The number of amides is 1. The van der Waals surface area contributed by atoms with Crippen molar-refractivity contribution in [2.75, 3.05) is 13.1 Å². The summed E-state index contributed by atoms with van der Waals surface area (Å²) in [6.07, 6.45) is 1.84. The summed E-state index contributed by atoms with van der Waals surface area (Å²) in [6, 6.07) is 10.2. The van der Waals surface area contributed by atoms with Gasteiger partial charge in [-0.25, -0.2) is 4.39 Å². The molecule has 4 nitrogen and oxygen atoms in total. The minimum atomic E-state index is -0.303. The molecule has 0 aromatic heterocycles. The van der Waals surface area contributed by atoms with Crippen LogP contribution in [0.3, 0.4) is 0 Å². The lowest BCUT2D eigenvalue weighted by Gasteiger charge is -2.12. The van der Waals surface area contributed by atoms with Crippen molar-refractivity contribution >= 4 is 60.8 Å². The Morgan fingerprint density at radius 3 is 2.52 bits per heavy atom. The summed E-state index contributed by atoms with van der Waals surface area (Å²) in [4.78, 5) is 19.3. The first-order chi connectivity index (χ1) is 13.9. The van der Waals surface area contributed by atoms with Crippen LogP contribution in [0.15, 0.2) is 55.2 Å². The average molecular weight is 542 g/mol. The second kappa shape index (κ2) is 9.91. The second-order valence-electron chi connectivity index (χ2n) is 6.11. The number of amidine groups is 1. The quantitative estimate of drug-likeness (QED) is 0.406. The van der Waals surface area contributed by atoms with Crippen molar-refractivity contribution in [2.45, 2.75) is 20.5 Å². The highest BCUT2D eigenvalue weighted by atomic mass is 79.9. The summed E-state index contributed by atoms with van der Waals surface area (Å²) in [5.74, 6) is 0.226. The number of rotatable bonds is 6. The Bertz CT molecular complexity index is 971. The number of carbonyl (C=O) groups is 1. The standard InChI is InChI=1S/C21H19Br2FN2O2S/c1-3-25-21-26(4-2)20(27)18(29-21)11-13-9-15(22)19(16(23)10-13)28-12-14-7-5-6-8-17(14)24/h5-11H,3-4,12H2,1-2H3/b18-11+,25-21?. The third kappa shape index (κ3) is 5.10. The molecular formula is C21H19Br2FN2O2S. The molecule has 1 heterocycles. The van der Waals surface area contributed by atoms with Crippen LogP contribution in [-0.4, -0.2) is 29.1 Å². The number of benzene rings is 2. The number of likely N-dealkylation sites (N-methyl/N-ethyl adjacent to an activating group) is 1. The molecule has 0 spiro atoms. The molecule has 0 atom stereocenters. The SMILES string of the molecule is CCN=C1S/C(=C/c2cc(Br)c(OCc3ccccc3F)c(Br)c2)C(=O)N1CC. The third-order valence-corrected chi connectivity index (χ3v) is 6.37.